The van der Waals surface area contributed by atoms with Crippen LogP contribution in [0.5, 0.6) is 5.88 Å². The van der Waals surface area contributed by atoms with Crippen molar-refractivity contribution >= 4 is 33.2 Å². The van der Waals surface area contributed by atoms with E-state index in [1.54, 1.807) is 11.3 Å². The number of nitrogen functional groups attached to an aromatic ring is 1. The van der Waals surface area contributed by atoms with Gasteiger partial charge in [-0.1, -0.05) is 5.16 Å². The van der Waals surface area contributed by atoms with Crippen LogP contribution in [-0.4, -0.2) is 78.8 Å². The Labute approximate surface area is 277 Å². The number of anilines is 2. The second-order valence-corrected chi connectivity index (χ2v) is 15.8. The van der Waals surface area contributed by atoms with Gasteiger partial charge in [-0.15, -0.1) is 16.4 Å². The molecule has 5 atom stereocenters. The molecule has 13 heteroatoms. The van der Waals surface area contributed by atoms with E-state index in [4.69, 9.17) is 35.2 Å². The van der Waals surface area contributed by atoms with Gasteiger partial charge in [0.2, 0.25) is 5.88 Å². The molecular formula is C34H41N9O3S. The minimum Gasteiger partial charge on any atom is -0.474 e. The zero-order valence-corrected chi connectivity index (χ0v) is 28.1. The lowest BCUT2D eigenvalue weighted by atomic mass is 9.63. The average molecular weight is 656 g/mol. The molecular weight excluding hydrogens is 615 g/mol. The Morgan fingerprint density at radius 1 is 1.11 bits per heavy atom. The third kappa shape index (κ3) is 4.23. The Balaban J connectivity index is 1.24. The third-order valence-electron chi connectivity index (χ3n) is 11.8. The SMILES string of the molecule is C[C@H]([C@@H](C)n1nc2c3c(nc(-c4noc5c4CCC[C@@]54CCCc5sc(N)c(C#N)c54)nc31)N1C[C@](C)(O)CC[C@@H]1CO2)N1CCC1. The molecule has 0 saturated carbocycles. The van der Waals surface area contributed by atoms with E-state index in [1.165, 1.54) is 11.3 Å². The van der Waals surface area contributed by atoms with Gasteiger partial charge in [-0.2, -0.15) is 5.26 Å². The number of nitrogens with zero attached hydrogens (tertiary/aromatic N) is 8. The fourth-order valence-electron chi connectivity index (χ4n) is 8.97. The van der Waals surface area contributed by atoms with E-state index >= 15 is 0 Å². The molecule has 2 fully saturated rings. The quantitative estimate of drug-likeness (QED) is 0.314. The lowest BCUT2D eigenvalue weighted by molar-refractivity contribution is 0.0321. The molecule has 47 heavy (non-hydrogen) atoms. The number of piperidine rings is 1. The van der Waals surface area contributed by atoms with E-state index in [0.29, 0.717) is 53.2 Å². The highest BCUT2D eigenvalue weighted by Crippen LogP contribution is 2.55. The molecule has 0 radical (unpaired) electrons. The molecule has 9 rings (SSSR count). The van der Waals surface area contributed by atoms with E-state index in [2.05, 4.69) is 29.7 Å². The first-order valence-electron chi connectivity index (χ1n) is 17.2. The van der Waals surface area contributed by atoms with E-state index in [-0.39, 0.29) is 18.1 Å². The Hall–Kier alpha value is -3.73. The van der Waals surface area contributed by atoms with Gasteiger partial charge in [0, 0.05) is 23.0 Å². The van der Waals surface area contributed by atoms with E-state index in [1.807, 2.05) is 11.6 Å². The number of thiophene rings is 1. The topological polar surface area (TPSA) is 155 Å². The number of fused-ring (bicyclic) bond motifs is 6. The number of hydrogen-bond donors (Lipinski definition) is 2. The van der Waals surface area contributed by atoms with Gasteiger partial charge in [-0.3, -0.25) is 4.90 Å². The number of aryl methyl sites for hydroxylation is 1. The summed E-state index contributed by atoms with van der Waals surface area (Å²) in [6, 6.07) is 2.78. The number of likely N-dealkylation sites (tertiary alicyclic amines) is 1. The molecule has 3 N–H and O–H groups in total. The van der Waals surface area contributed by atoms with Crippen molar-refractivity contribution in [1.82, 2.24) is 29.8 Å². The van der Waals surface area contributed by atoms with Crippen molar-refractivity contribution < 1.29 is 14.4 Å². The molecule has 1 spiro atoms. The van der Waals surface area contributed by atoms with Crippen LogP contribution in [0.1, 0.15) is 99.1 Å². The summed E-state index contributed by atoms with van der Waals surface area (Å²) < 4.78 is 14.8. The highest BCUT2D eigenvalue weighted by atomic mass is 32.1. The number of aromatic nitrogens is 5. The number of rotatable bonds is 4. The molecule has 246 valence electrons. The van der Waals surface area contributed by atoms with E-state index in [9.17, 15) is 10.4 Å². The molecule has 0 bridgehead atoms. The van der Waals surface area contributed by atoms with E-state index in [0.717, 1.165) is 86.1 Å². The fourth-order valence-corrected chi connectivity index (χ4v) is 10.1. The lowest BCUT2D eigenvalue weighted by Crippen LogP contribution is -2.53. The third-order valence-corrected chi connectivity index (χ3v) is 12.9. The average Bonchev–Trinajstić information content (AvgIpc) is 3.69. The van der Waals surface area contributed by atoms with Crippen molar-refractivity contribution in [1.29, 1.82) is 5.26 Å². The first-order valence-corrected chi connectivity index (χ1v) is 18.0. The van der Waals surface area contributed by atoms with Crippen molar-refractivity contribution in [2.75, 3.05) is 36.9 Å². The minimum absolute atomic E-state index is 0.0362. The Bertz CT molecular complexity index is 1950. The summed E-state index contributed by atoms with van der Waals surface area (Å²) in [4.78, 5) is 16.4. The smallest absolute Gasteiger partial charge is 0.246 e. The van der Waals surface area contributed by atoms with Crippen LogP contribution < -0.4 is 15.4 Å². The predicted octanol–water partition coefficient (Wildman–Crippen LogP) is 4.72. The summed E-state index contributed by atoms with van der Waals surface area (Å²) in [5, 5.41) is 32.6. The molecule has 12 nitrogen and oxygen atoms in total. The summed E-state index contributed by atoms with van der Waals surface area (Å²) in [7, 11) is 0. The molecule has 0 unspecified atom stereocenters. The summed E-state index contributed by atoms with van der Waals surface area (Å²) >= 11 is 1.55. The lowest BCUT2D eigenvalue weighted by Gasteiger charge is -2.42. The van der Waals surface area contributed by atoms with Gasteiger partial charge in [-0.25, -0.2) is 14.6 Å². The van der Waals surface area contributed by atoms with Gasteiger partial charge in [0.15, 0.2) is 22.9 Å². The van der Waals surface area contributed by atoms with Gasteiger partial charge in [-0.05, 0) is 97.2 Å². The molecule has 5 aliphatic rings. The van der Waals surface area contributed by atoms with Gasteiger partial charge < -0.3 is 25.0 Å². The highest BCUT2D eigenvalue weighted by Gasteiger charge is 2.49. The number of hydrogen-bond acceptors (Lipinski definition) is 12. The standard InChI is InChI=1S/C34H41N9O3S/c1-18(41-13-6-14-41)19(2)43-31-24-30(42-17-33(3,44)12-9-20(42)16-45-32(24)39-43)37-29(38-31)26-21-7-4-10-34(27(21)46-40-26)11-5-8-23-25(34)22(15-35)28(36)47-23/h18-20,44H,4-14,16-17,36H2,1-3H3/t18-,19-,20-,33-,34+/m1/s1. The first kappa shape index (κ1) is 29.4. The zero-order valence-electron chi connectivity index (χ0n) is 27.3. The number of ether oxygens (including phenoxy) is 1. The molecule has 3 aliphatic heterocycles. The number of aliphatic hydroxyl groups is 1. The van der Waals surface area contributed by atoms with Crippen LogP contribution >= 0.6 is 11.3 Å². The summed E-state index contributed by atoms with van der Waals surface area (Å²) in [6.07, 6.45) is 8.14. The molecule has 4 aromatic rings. The van der Waals surface area contributed by atoms with Crippen LogP contribution in [-0.2, 0) is 18.3 Å². The van der Waals surface area contributed by atoms with Gasteiger partial charge in [0.1, 0.15) is 28.9 Å². The van der Waals surface area contributed by atoms with Crippen molar-refractivity contribution in [3.8, 4) is 23.5 Å². The fraction of sp³-hybridized carbons (Fsp3) is 0.618. The molecule has 4 aromatic heterocycles. The van der Waals surface area contributed by atoms with Crippen LogP contribution in [0.25, 0.3) is 22.6 Å². The number of nitriles is 1. The number of nitrogens with two attached hydrogens (primary N) is 1. The van der Waals surface area contributed by atoms with Crippen LogP contribution in [0.2, 0.25) is 0 Å². The van der Waals surface area contributed by atoms with E-state index < -0.39 is 11.0 Å². The maximum atomic E-state index is 11.2. The first-order chi connectivity index (χ1) is 22.7. The molecule has 2 saturated heterocycles. The van der Waals surface area contributed by atoms with Crippen LogP contribution in [0.4, 0.5) is 10.8 Å². The normalized spacial score (nSPS) is 28.1. The van der Waals surface area contributed by atoms with Crippen molar-refractivity contribution in [3.63, 3.8) is 0 Å². The predicted molar refractivity (Wildman–Crippen MR) is 178 cm³/mol. The molecule has 2 aliphatic carbocycles. The summed E-state index contributed by atoms with van der Waals surface area (Å²) in [5.41, 5.74) is 9.13. The molecule has 7 heterocycles. The van der Waals surface area contributed by atoms with Crippen molar-refractivity contribution in [2.45, 2.75) is 108 Å². The maximum Gasteiger partial charge on any atom is 0.246 e. The Morgan fingerprint density at radius 2 is 1.91 bits per heavy atom. The molecule has 0 amide bonds. The second-order valence-electron chi connectivity index (χ2n) is 14.7. The summed E-state index contributed by atoms with van der Waals surface area (Å²) in [5.74, 6) is 2.61. The monoisotopic (exact) mass is 655 g/mol. The second kappa shape index (κ2) is 10.4. The summed E-state index contributed by atoms with van der Waals surface area (Å²) in [6.45, 7) is 9.43. The van der Waals surface area contributed by atoms with Crippen LogP contribution in [0.15, 0.2) is 4.52 Å². The maximum absolute atomic E-state index is 11.2. The Morgan fingerprint density at radius 3 is 2.68 bits per heavy atom. The van der Waals surface area contributed by atoms with Gasteiger partial charge in [0.05, 0.1) is 28.7 Å². The Kier molecular flexibility index (Phi) is 6.50. The van der Waals surface area contributed by atoms with Gasteiger partial charge in [0.25, 0.3) is 0 Å². The molecule has 0 aromatic carbocycles. The van der Waals surface area contributed by atoms with Crippen molar-refractivity contribution in [2.24, 2.45) is 0 Å². The largest absolute Gasteiger partial charge is 0.474 e. The highest BCUT2D eigenvalue weighted by molar-refractivity contribution is 7.16. The van der Waals surface area contributed by atoms with Crippen molar-refractivity contribution in [3.05, 3.63) is 27.3 Å². The minimum atomic E-state index is -0.854. The zero-order chi connectivity index (χ0) is 32.2. The van der Waals surface area contributed by atoms with Crippen LogP contribution in [0.3, 0.4) is 0 Å². The van der Waals surface area contributed by atoms with Crippen LogP contribution in [0, 0.1) is 11.3 Å². The van der Waals surface area contributed by atoms with Gasteiger partial charge >= 0.3 is 0 Å².